The summed E-state index contributed by atoms with van der Waals surface area (Å²) in [5, 5.41) is 5.92. The molecule has 0 amide bonds. The molecule has 0 fully saturated rings. The van der Waals surface area contributed by atoms with Crippen molar-refractivity contribution in [2.45, 2.75) is 19.3 Å². The molecule has 0 N–H and O–H groups in total. The van der Waals surface area contributed by atoms with Gasteiger partial charge in [0.1, 0.15) is 17.0 Å². The quantitative estimate of drug-likeness (QED) is 0.191. The Hall–Kier alpha value is -5.65. The minimum atomic E-state index is -0.234. The standard InChI is InChI=1S/C43H29FN2OS/c1-26-9-6-13-35-41(26)33-25-29(23-24-34(33)45(35)28-21-19-27(44)20-22-28)46(36-14-8-17-39-42(36)32-11-2-4-16-38(32)47-39)37-15-7-12-31-30-10-3-5-18-40(30)48-43(31)37/h2-8,10-26H,9H2,1H3. The maximum absolute atomic E-state index is 14.0. The second kappa shape index (κ2) is 10.4. The highest BCUT2D eigenvalue weighted by Crippen LogP contribution is 2.49. The molecule has 0 radical (unpaired) electrons. The van der Waals surface area contributed by atoms with Crippen LogP contribution in [0.2, 0.25) is 0 Å². The number of halogens is 1. The molecule has 0 saturated heterocycles. The van der Waals surface area contributed by atoms with Gasteiger partial charge in [-0.05, 0) is 96.8 Å². The van der Waals surface area contributed by atoms with Crippen LogP contribution in [0, 0.1) is 5.82 Å². The zero-order valence-electron chi connectivity index (χ0n) is 26.2. The number of allylic oxidation sites excluding steroid dienone is 1. The highest BCUT2D eigenvalue weighted by Gasteiger charge is 2.26. The van der Waals surface area contributed by atoms with Gasteiger partial charge in [-0.15, -0.1) is 11.3 Å². The maximum atomic E-state index is 14.0. The first kappa shape index (κ1) is 27.5. The summed E-state index contributed by atoms with van der Waals surface area (Å²) < 4.78 is 25.2. The molecule has 3 heterocycles. The summed E-state index contributed by atoms with van der Waals surface area (Å²) in [6.07, 6.45) is 5.46. The third-order valence-corrected chi connectivity index (χ3v) is 11.1. The number of aromatic nitrogens is 1. The normalized spacial score (nSPS) is 14.5. The van der Waals surface area contributed by atoms with Crippen molar-refractivity contribution in [3.8, 4) is 5.69 Å². The van der Waals surface area contributed by atoms with Crippen molar-refractivity contribution in [1.29, 1.82) is 0 Å². The van der Waals surface area contributed by atoms with Gasteiger partial charge in [0.15, 0.2) is 0 Å². The van der Waals surface area contributed by atoms with E-state index in [-0.39, 0.29) is 5.82 Å². The van der Waals surface area contributed by atoms with Gasteiger partial charge >= 0.3 is 0 Å². The minimum absolute atomic E-state index is 0.234. The van der Waals surface area contributed by atoms with Crippen LogP contribution in [-0.4, -0.2) is 4.57 Å². The van der Waals surface area contributed by atoms with Crippen LogP contribution < -0.4 is 4.90 Å². The number of anilines is 3. The largest absolute Gasteiger partial charge is 0.456 e. The van der Waals surface area contributed by atoms with E-state index in [9.17, 15) is 4.39 Å². The number of furan rings is 1. The molecule has 3 aromatic heterocycles. The van der Waals surface area contributed by atoms with Gasteiger partial charge in [-0.25, -0.2) is 4.39 Å². The van der Waals surface area contributed by atoms with Crippen molar-refractivity contribution < 1.29 is 8.81 Å². The van der Waals surface area contributed by atoms with Gasteiger partial charge in [0, 0.05) is 43.3 Å². The van der Waals surface area contributed by atoms with E-state index in [4.69, 9.17) is 4.42 Å². The smallest absolute Gasteiger partial charge is 0.137 e. The van der Waals surface area contributed by atoms with Crippen molar-refractivity contribution in [1.82, 2.24) is 4.57 Å². The highest BCUT2D eigenvalue weighted by atomic mass is 32.1. The first-order valence-electron chi connectivity index (χ1n) is 16.4. The van der Waals surface area contributed by atoms with Crippen molar-refractivity contribution in [2.24, 2.45) is 0 Å². The van der Waals surface area contributed by atoms with E-state index in [2.05, 4.69) is 120 Å². The number of fused-ring (bicyclic) bond motifs is 9. The molecule has 9 aromatic rings. The number of para-hydroxylation sites is 1. The van der Waals surface area contributed by atoms with E-state index in [0.29, 0.717) is 5.92 Å². The van der Waals surface area contributed by atoms with Crippen LogP contribution >= 0.6 is 11.3 Å². The predicted octanol–water partition coefficient (Wildman–Crippen LogP) is 13.0. The third kappa shape index (κ3) is 3.98. The molecule has 1 aliphatic rings. The zero-order chi connectivity index (χ0) is 31.9. The number of nitrogens with zero attached hydrogens (tertiary/aromatic N) is 2. The van der Waals surface area contributed by atoms with Gasteiger partial charge in [-0.1, -0.05) is 67.6 Å². The summed E-state index contributed by atoms with van der Waals surface area (Å²) in [5.41, 5.74) is 9.57. The maximum Gasteiger partial charge on any atom is 0.137 e. The molecule has 5 heteroatoms. The number of rotatable bonds is 4. The van der Waals surface area contributed by atoms with E-state index >= 15 is 0 Å². The molecule has 10 rings (SSSR count). The summed E-state index contributed by atoms with van der Waals surface area (Å²) >= 11 is 1.84. The Kier molecular flexibility index (Phi) is 5.97. The number of hydrogen-bond acceptors (Lipinski definition) is 3. The van der Waals surface area contributed by atoms with E-state index in [1.165, 1.54) is 31.1 Å². The van der Waals surface area contributed by atoms with Crippen LogP contribution in [0.4, 0.5) is 21.5 Å². The van der Waals surface area contributed by atoms with Crippen molar-refractivity contribution in [3.63, 3.8) is 0 Å². The number of hydrogen-bond donors (Lipinski definition) is 0. The average Bonchev–Trinajstić information content (AvgIpc) is 3.79. The lowest BCUT2D eigenvalue weighted by Crippen LogP contribution is -2.10. The number of thiophene rings is 1. The molecule has 230 valence electrons. The predicted molar refractivity (Wildman–Crippen MR) is 200 cm³/mol. The van der Waals surface area contributed by atoms with Gasteiger partial charge in [0.2, 0.25) is 0 Å². The summed E-state index contributed by atoms with van der Waals surface area (Å²) in [5.74, 6) is 0.104. The van der Waals surface area contributed by atoms with Crippen LogP contribution in [-0.2, 0) is 0 Å². The average molecular weight is 641 g/mol. The molecular weight excluding hydrogens is 612 g/mol. The molecule has 0 bridgehead atoms. The van der Waals surface area contributed by atoms with E-state index in [0.717, 1.165) is 62.3 Å². The fourth-order valence-electron chi connectivity index (χ4n) is 7.77. The van der Waals surface area contributed by atoms with Gasteiger partial charge in [-0.2, -0.15) is 0 Å². The van der Waals surface area contributed by atoms with E-state index in [1.54, 1.807) is 12.1 Å². The summed E-state index contributed by atoms with van der Waals surface area (Å²) in [4.78, 5) is 2.42. The molecule has 1 atom stereocenters. The molecule has 1 aliphatic carbocycles. The highest BCUT2D eigenvalue weighted by molar-refractivity contribution is 7.26. The minimum Gasteiger partial charge on any atom is -0.456 e. The summed E-state index contributed by atoms with van der Waals surface area (Å²) in [6, 6.07) is 43.6. The fraction of sp³-hybridized carbons (Fsp3) is 0.0698. The van der Waals surface area contributed by atoms with Crippen LogP contribution in [0.15, 0.2) is 138 Å². The molecule has 6 aromatic carbocycles. The van der Waals surface area contributed by atoms with Crippen LogP contribution in [0.3, 0.4) is 0 Å². The molecule has 3 nitrogen and oxygen atoms in total. The Morgan fingerprint density at radius 3 is 2.38 bits per heavy atom. The molecule has 0 spiro atoms. The van der Waals surface area contributed by atoms with Crippen molar-refractivity contribution >= 4 is 87.5 Å². The summed E-state index contributed by atoms with van der Waals surface area (Å²) in [7, 11) is 0. The van der Waals surface area contributed by atoms with Crippen molar-refractivity contribution in [3.05, 3.63) is 151 Å². The Morgan fingerprint density at radius 1 is 0.729 bits per heavy atom. The van der Waals surface area contributed by atoms with Crippen LogP contribution in [0.25, 0.3) is 64.8 Å². The lowest BCUT2D eigenvalue weighted by molar-refractivity contribution is 0.627. The molecule has 0 saturated carbocycles. The Bertz CT molecular complexity index is 2750. The first-order chi connectivity index (χ1) is 23.6. The van der Waals surface area contributed by atoms with E-state index < -0.39 is 0 Å². The van der Waals surface area contributed by atoms with Crippen LogP contribution in [0.1, 0.15) is 30.5 Å². The molecular formula is C43H29FN2OS. The van der Waals surface area contributed by atoms with Crippen LogP contribution in [0.5, 0.6) is 0 Å². The lowest BCUT2D eigenvalue weighted by atomic mass is 9.90. The van der Waals surface area contributed by atoms with Gasteiger partial charge < -0.3 is 13.9 Å². The first-order valence-corrected chi connectivity index (χ1v) is 17.2. The molecule has 48 heavy (non-hydrogen) atoms. The summed E-state index contributed by atoms with van der Waals surface area (Å²) in [6.45, 7) is 2.30. The molecule has 1 unspecified atom stereocenters. The van der Waals surface area contributed by atoms with E-state index in [1.807, 2.05) is 35.6 Å². The van der Waals surface area contributed by atoms with Gasteiger partial charge in [0.25, 0.3) is 0 Å². The van der Waals surface area contributed by atoms with Gasteiger partial charge in [-0.3, -0.25) is 0 Å². The lowest BCUT2D eigenvalue weighted by Gasteiger charge is -2.27. The third-order valence-electron chi connectivity index (χ3n) is 9.88. The Morgan fingerprint density at radius 2 is 1.48 bits per heavy atom. The fourth-order valence-corrected chi connectivity index (χ4v) is 8.98. The number of benzene rings is 6. The SMILES string of the molecule is CC1CC=Cc2c1c1cc(N(c3cccc4c3sc3ccccc34)c3cccc4oc5ccccc5c34)ccc1n2-c1ccc(F)cc1. The van der Waals surface area contributed by atoms with Gasteiger partial charge in [0.05, 0.1) is 27.0 Å². The molecule has 0 aliphatic heterocycles. The monoisotopic (exact) mass is 640 g/mol. The topological polar surface area (TPSA) is 21.3 Å². The Balaban J connectivity index is 1.30. The second-order valence-corrected chi connectivity index (χ2v) is 13.7. The van der Waals surface area contributed by atoms with Crippen molar-refractivity contribution in [2.75, 3.05) is 4.90 Å². The second-order valence-electron chi connectivity index (χ2n) is 12.7. The zero-order valence-corrected chi connectivity index (χ0v) is 27.0. The Labute approximate surface area is 280 Å².